The molecule has 2 aromatic heterocycles. The zero-order chi connectivity index (χ0) is 25.5. The Morgan fingerprint density at radius 2 is 1.80 bits per heavy atom. The van der Waals surface area contributed by atoms with Gasteiger partial charge in [0.05, 0.1) is 38.9 Å². The van der Waals surface area contributed by atoms with Gasteiger partial charge >= 0.3 is 0 Å². The number of aliphatic hydroxyl groups is 1. The van der Waals surface area contributed by atoms with Gasteiger partial charge in [0.1, 0.15) is 10.7 Å². The molecule has 2 N–H and O–H groups in total. The van der Waals surface area contributed by atoms with Gasteiger partial charge in [-0.05, 0) is 29.5 Å². The van der Waals surface area contributed by atoms with Gasteiger partial charge in [0.25, 0.3) is 5.56 Å². The summed E-state index contributed by atoms with van der Waals surface area (Å²) in [5.41, 5.74) is 1.49. The molecule has 0 aliphatic heterocycles. The molecule has 1 aromatic carbocycles. The van der Waals surface area contributed by atoms with Crippen LogP contribution in [-0.2, 0) is 11.3 Å². The van der Waals surface area contributed by atoms with E-state index in [2.05, 4.69) is 37.6 Å². The number of benzene rings is 1. The highest BCUT2D eigenvalue weighted by Crippen LogP contribution is 2.36. The third-order valence-electron chi connectivity index (χ3n) is 5.41. The fraction of sp³-hybridized carbons (Fsp3) is 0.538. The van der Waals surface area contributed by atoms with E-state index in [1.54, 1.807) is 14.2 Å². The summed E-state index contributed by atoms with van der Waals surface area (Å²) in [6.07, 6.45) is -0.610. The molecule has 2 heterocycles. The van der Waals surface area contributed by atoms with Crippen LogP contribution in [0.25, 0.3) is 21.3 Å². The molecule has 3 aromatic rings. The first-order valence-electron chi connectivity index (χ1n) is 11.9. The standard InChI is InChI=1S/C26H37N3O5S/c1-16(2)10-29(11-19(30)14-34-13-17(3)4)12-23-27-25(31)24-20(15-35-26(24)28-23)18-7-8-21(32-5)22(9-18)33-6/h7-9,15-17,19,30H,10-14H2,1-6H3,(H,27,28,31). The highest BCUT2D eigenvalue weighted by atomic mass is 32.1. The molecule has 3 rings (SSSR count). The van der Waals surface area contributed by atoms with Crippen LogP contribution >= 0.6 is 11.3 Å². The summed E-state index contributed by atoms with van der Waals surface area (Å²) in [5, 5.41) is 13.0. The number of nitrogens with one attached hydrogen (secondary N) is 1. The molecule has 0 saturated carbocycles. The van der Waals surface area contributed by atoms with E-state index >= 15 is 0 Å². The minimum absolute atomic E-state index is 0.179. The zero-order valence-corrected chi connectivity index (χ0v) is 22.3. The molecule has 1 unspecified atom stereocenters. The third kappa shape index (κ3) is 7.27. The van der Waals surface area contributed by atoms with Crippen LogP contribution in [0.1, 0.15) is 33.5 Å². The number of H-pyrrole nitrogens is 1. The largest absolute Gasteiger partial charge is 0.493 e. The molecule has 1 atom stereocenters. The van der Waals surface area contributed by atoms with Gasteiger partial charge in [-0.1, -0.05) is 33.8 Å². The summed E-state index contributed by atoms with van der Waals surface area (Å²) < 4.78 is 16.3. The second-order valence-corrected chi connectivity index (χ2v) is 10.4. The minimum atomic E-state index is -0.610. The Hall–Kier alpha value is -2.46. The average Bonchev–Trinajstić information content (AvgIpc) is 3.22. The maximum Gasteiger partial charge on any atom is 0.260 e. The third-order valence-corrected chi connectivity index (χ3v) is 6.29. The first kappa shape index (κ1) is 27.1. The molecule has 0 spiro atoms. The highest BCUT2D eigenvalue weighted by Gasteiger charge is 2.18. The van der Waals surface area contributed by atoms with Crippen molar-refractivity contribution < 1.29 is 19.3 Å². The molecule has 192 valence electrons. The van der Waals surface area contributed by atoms with Crippen LogP contribution in [0.5, 0.6) is 11.5 Å². The summed E-state index contributed by atoms with van der Waals surface area (Å²) in [5.74, 6) is 2.63. The quantitative estimate of drug-likeness (QED) is 0.361. The SMILES string of the molecule is COc1ccc(-c2csc3nc(CN(CC(C)C)CC(O)COCC(C)C)[nH]c(=O)c23)cc1OC. The Morgan fingerprint density at radius 3 is 2.46 bits per heavy atom. The number of fused-ring (bicyclic) bond motifs is 1. The van der Waals surface area contributed by atoms with Crippen molar-refractivity contribution in [1.82, 2.24) is 14.9 Å². The molecule has 0 radical (unpaired) electrons. The fourth-order valence-electron chi connectivity index (χ4n) is 4.01. The number of aromatic amines is 1. The fourth-order valence-corrected chi connectivity index (χ4v) is 4.97. The van der Waals surface area contributed by atoms with E-state index < -0.39 is 6.10 Å². The average molecular weight is 504 g/mol. The molecule has 0 fully saturated rings. The molecule has 8 nitrogen and oxygen atoms in total. The Morgan fingerprint density at radius 1 is 1.06 bits per heavy atom. The maximum absolute atomic E-state index is 13.1. The van der Waals surface area contributed by atoms with Crippen LogP contribution in [0.3, 0.4) is 0 Å². The van der Waals surface area contributed by atoms with Crippen LogP contribution in [0.15, 0.2) is 28.4 Å². The van der Waals surface area contributed by atoms with E-state index in [9.17, 15) is 9.90 Å². The van der Waals surface area contributed by atoms with Crippen molar-refractivity contribution in [2.24, 2.45) is 11.8 Å². The lowest BCUT2D eigenvalue weighted by molar-refractivity contribution is 0.00485. The monoisotopic (exact) mass is 503 g/mol. The van der Waals surface area contributed by atoms with Crippen molar-refractivity contribution in [3.8, 4) is 22.6 Å². The number of methoxy groups -OCH3 is 2. The normalized spacial score (nSPS) is 12.7. The molecule has 0 aliphatic carbocycles. The number of thiophene rings is 1. The molecule has 9 heteroatoms. The number of aromatic nitrogens is 2. The van der Waals surface area contributed by atoms with Crippen molar-refractivity contribution in [3.05, 3.63) is 39.8 Å². The zero-order valence-electron chi connectivity index (χ0n) is 21.5. The second kappa shape index (κ2) is 12.5. The van der Waals surface area contributed by atoms with E-state index in [0.29, 0.717) is 59.1 Å². The van der Waals surface area contributed by atoms with E-state index in [4.69, 9.17) is 19.2 Å². The van der Waals surface area contributed by atoms with Gasteiger partial charge in [-0.15, -0.1) is 11.3 Å². The summed E-state index contributed by atoms with van der Waals surface area (Å²) in [6, 6.07) is 5.59. The van der Waals surface area contributed by atoms with E-state index in [-0.39, 0.29) is 12.2 Å². The molecular formula is C26H37N3O5S. The summed E-state index contributed by atoms with van der Waals surface area (Å²) in [7, 11) is 3.18. The number of hydrogen-bond acceptors (Lipinski definition) is 8. The van der Waals surface area contributed by atoms with Gasteiger partial charge in [-0.3, -0.25) is 9.69 Å². The number of hydrogen-bond donors (Lipinski definition) is 2. The van der Waals surface area contributed by atoms with Crippen molar-refractivity contribution in [1.29, 1.82) is 0 Å². The van der Waals surface area contributed by atoms with Crippen molar-refractivity contribution in [2.75, 3.05) is 40.5 Å². The Bertz CT molecular complexity index is 1160. The lowest BCUT2D eigenvalue weighted by Crippen LogP contribution is -2.37. The van der Waals surface area contributed by atoms with Crippen LogP contribution in [0.4, 0.5) is 0 Å². The van der Waals surface area contributed by atoms with Crippen molar-refractivity contribution >= 4 is 21.6 Å². The van der Waals surface area contributed by atoms with E-state index in [0.717, 1.165) is 17.7 Å². The van der Waals surface area contributed by atoms with Gasteiger partial charge in [-0.2, -0.15) is 0 Å². The molecule has 0 amide bonds. The summed E-state index contributed by atoms with van der Waals surface area (Å²) >= 11 is 1.44. The molecule has 0 saturated heterocycles. The predicted molar refractivity (Wildman–Crippen MR) is 141 cm³/mol. The summed E-state index contributed by atoms with van der Waals surface area (Å²) in [6.45, 7) is 11.0. The lowest BCUT2D eigenvalue weighted by atomic mass is 10.1. The Balaban J connectivity index is 1.82. The van der Waals surface area contributed by atoms with Gasteiger partial charge < -0.3 is 24.3 Å². The first-order valence-corrected chi connectivity index (χ1v) is 12.8. The van der Waals surface area contributed by atoms with Gasteiger partial charge in [-0.25, -0.2) is 4.98 Å². The number of nitrogens with zero attached hydrogens (tertiary/aromatic N) is 2. The van der Waals surface area contributed by atoms with E-state index in [1.165, 1.54) is 11.3 Å². The molecule has 35 heavy (non-hydrogen) atoms. The van der Waals surface area contributed by atoms with Crippen molar-refractivity contribution in [2.45, 2.75) is 40.3 Å². The topological polar surface area (TPSA) is 96.9 Å². The smallest absolute Gasteiger partial charge is 0.260 e. The summed E-state index contributed by atoms with van der Waals surface area (Å²) in [4.78, 5) is 23.6. The number of aliphatic hydroxyl groups excluding tert-OH is 1. The van der Waals surface area contributed by atoms with Crippen molar-refractivity contribution in [3.63, 3.8) is 0 Å². The van der Waals surface area contributed by atoms with Gasteiger partial charge in [0.2, 0.25) is 0 Å². The predicted octanol–water partition coefficient (Wildman–Crippen LogP) is 4.16. The number of ether oxygens (including phenoxy) is 3. The second-order valence-electron chi connectivity index (χ2n) is 9.58. The maximum atomic E-state index is 13.1. The minimum Gasteiger partial charge on any atom is -0.493 e. The first-order chi connectivity index (χ1) is 16.7. The Kier molecular flexibility index (Phi) is 9.68. The highest BCUT2D eigenvalue weighted by molar-refractivity contribution is 7.17. The van der Waals surface area contributed by atoms with E-state index in [1.807, 2.05) is 23.6 Å². The van der Waals surface area contributed by atoms with Gasteiger partial charge in [0, 0.05) is 30.6 Å². The molecular weight excluding hydrogens is 466 g/mol. The lowest BCUT2D eigenvalue weighted by Gasteiger charge is -2.26. The Labute approximate surface area is 210 Å². The molecule has 0 bridgehead atoms. The van der Waals surface area contributed by atoms with Crippen LogP contribution in [0.2, 0.25) is 0 Å². The molecule has 0 aliphatic rings. The van der Waals surface area contributed by atoms with Gasteiger partial charge in [0.15, 0.2) is 11.5 Å². The number of rotatable bonds is 13. The van der Waals surface area contributed by atoms with Crippen LogP contribution in [-0.4, -0.2) is 66.6 Å². The van der Waals surface area contributed by atoms with Crippen LogP contribution < -0.4 is 15.0 Å². The van der Waals surface area contributed by atoms with Crippen LogP contribution in [0, 0.1) is 11.8 Å².